The van der Waals surface area contributed by atoms with Gasteiger partial charge in [-0.1, -0.05) is 34.1 Å². The summed E-state index contributed by atoms with van der Waals surface area (Å²) in [5.74, 6) is 0.813. The summed E-state index contributed by atoms with van der Waals surface area (Å²) in [6.45, 7) is 1.57. The molecule has 7 heteroatoms. The number of aromatic nitrogens is 2. The smallest absolute Gasteiger partial charge is 0.191 e. The standard InChI is InChI=1S/C16H20BrN5.HI/c1-18-15(19-10-12-6-9-21-22-12)20-11-16(7-8-16)13-4-2-3-5-14(13)17;/h2-6,9H,7-8,10-11H2,1H3,(H,21,22)(H2,18,19,20);1H. The highest BCUT2D eigenvalue weighted by Crippen LogP contribution is 2.49. The number of nitrogens with one attached hydrogen (secondary N) is 3. The number of H-pyrrole nitrogens is 1. The molecule has 1 aliphatic rings. The van der Waals surface area contributed by atoms with Crippen molar-refractivity contribution in [3.8, 4) is 0 Å². The largest absolute Gasteiger partial charge is 0.356 e. The van der Waals surface area contributed by atoms with Gasteiger partial charge in [0.05, 0.1) is 12.2 Å². The van der Waals surface area contributed by atoms with Crippen molar-refractivity contribution in [2.45, 2.75) is 24.8 Å². The average Bonchev–Trinajstić information content (AvgIpc) is 3.13. The number of guanidine groups is 1. The molecule has 3 rings (SSSR count). The second kappa shape index (κ2) is 8.14. The summed E-state index contributed by atoms with van der Waals surface area (Å²) in [4.78, 5) is 4.28. The van der Waals surface area contributed by atoms with E-state index in [1.165, 1.54) is 22.9 Å². The van der Waals surface area contributed by atoms with Crippen LogP contribution in [0.25, 0.3) is 0 Å². The van der Waals surface area contributed by atoms with Crippen LogP contribution < -0.4 is 10.6 Å². The summed E-state index contributed by atoms with van der Waals surface area (Å²) in [5, 5.41) is 13.6. The molecular weight excluding hydrogens is 469 g/mol. The molecule has 1 fully saturated rings. The third kappa shape index (κ3) is 4.47. The van der Waals surface area contributed by atoms with Crippen LogP contribution >= 0.6 is 39.9 Å². The van der Waals surface area contributed by atoms with Crippen molar-refractivity contribution in [2.75, 3.05) is 13.6 Å². The van der Waals surface area contributed by atoms with Crippen LogP contribution in [-0.2, 0) is 12.0 Å². The van der Waals surface area contributed by atoms with Crippen molar-refractivity contribution < 1.29 is 0 Å². The molecule has 0 amide bonds. The molecule has 1 saturated carbocycles. The van der Waals surface area contributed by atoms with Crippen LogP contribution in [0.4, 0.5) is 0 Å². The average molecular weight is 490 g/mol. The Hall–Kier alpha value is -1.09. The molecule has 1 aromatic heterocycles. The summed E-state index contributed by atoms with van der Waals surface area (Å²) in [7, 11) is 1.79. The van der Waals surface area contributed by atoms with Crippen LogP contribution in [0.15, 0.2) is 46.0 Å². The summed E-state index contributed by atoms with van der Waals surface area (Å²) in [6.07, 6.45) is 4.17. The highest BCUT2D eigenvalue weighted by atomic mass is 127. The molecule has 0 spiro atoms. The Balaban J connectivity index is 0.00000192. The molecule has 0 atom stereocenters. The summed E-state index contributed by atoms with van der Waals surface area (Å²) in [5.41, 5.74) is 2.65. The highest BCUT2D eigenvalue weighted by Gasteiger charge is 2.45. The number of benzene rings is 1. The Bertz CT molecular complexity index is 652. The molecule has 1 heterocycles. The lowest BCUT2D eigenvalue weighted by Gasteiger charge is -2.20. The number of aromatic amines is 1. The van der Waals surface area contributed by atoms with Gasteiger partial charge in [0.1, 0.15) is 0 Å². The third-order valence-corrected chi connectivity index (χ3v) is 4.81. The molecule has 1 aliphatic carbocycles. The first-order chi connectivity index (χ1) is 10.7. The van der Waals surface area contributed by atoms with E-state index < -0.39 is 0 Å². The van der Waals surface area contributed by atoms with Gasteiger partial charge in [0, 0.05) is 29.7 Å². The SMILES string of the molecule is CN=C(NCc1ccn[nH]1)NCC1(c2ccccc2Br)CC1.I. The van der Waals surface area contributed by atoms with Crippen molar-refractivity contribution in [3.05, 3.63) is 52.3 Å². The van der Waals surface area contributed by atoms with Gasteiger partial charge in [-0.15, -0.1) is 24.0 Å². The van der Waals surface area contributed by atoms with Crippen LogP contribution in [0.1, 0.15) is 24.1 Å². The Kier molecular flexibility index (Phi) is 6.46. The molecule has 3 N–H and O–H groups in total. The molecule has 5 nitrogen and oxygen atoms in total. The Morgan fingerprint density at radius 3 is 2.70 bits per heavy atom. The quantitative estimate of drug-likeness (QED) is 0.343. The van der Waals surface area contributed by atoms with Crippen molar-refractivity contribution in [3.63, 3.8) is 0 Å². The van der Waals surface area contributed by atoms with E-state index in [1.54, 1.807) is 13.2 Å². The molecular formula is C16H21BrIN5. The highest BCUT2D eigenvalue weighted by molar-refractivity contribution is 14.0. The molecule has 0 saturated heterocycles. The zero-order valence-electron chi connectivity index (χ0n) is 13.0. The second-order valence-electron chi connectivity index (χ2n) is 5.62. The van der Waals surface area contributed by atoms with Gasteiger partial charge in [-0.05, 0) is 30.5 Å². The molecule has 0 aliphatic heterocycles. The van der Waals surface area contributed by atoms with Crippen LogP contribution in [0.3, 0.4) is 0 Å². The van der Waals surface area contributed by atoms with Crippen LogP contribution in [-0.4, -0.2) is 29.7 Å². The fourth-order valence-corrected chi connectivity index (χ4v) is 3.32. The normalized spacial score (nSPS) is 15.7. The second-order valence-corrected chi connectivity index (χ2v) is 6.48. The number of rotatable bonds is 5. The first kappa shape index (κ1) is 18.3. The van der Waals surface area contributed by atoms with E-state index in [2.05, 4.69) is 66.0 Å². The van der Waals surface area contributed by atoms with E-state index in [-0.39, 0.29) is 29.4 Å². The zero-order chi connectivity index (χ0) is 15.4. The topological polar surface area (TPSA) is 65.1 Å². The van der Waals surface area contributed by atoms with E-state index >= 15 is 0 Å². The first-order valence-electron chi connectivity index (χ1n) is 7.41. The Labute approximate surface area is 161 Å². The van der Waals surface area contributed by atoms with Crippen molar-refractivity contribution in [2.24, 2.45) is 4.99 Å². The number of nitrogens with zero attached hydrogens (tertiary/aromatic N) is 2. The predicted octanol–water partition coefficient (Wildman–Crippen LogP) is 3.19. The molecule has 0 unspecified atom stereocenters. The van der Waals surface area contributed by atoms with Crippen molar-refractivity contribution in [1.82, 2.24) is 20.8 Å². The number of hydrogen-bond acceptors (Lipinski definition) is 2. The molecule has 1 aromatic carbocycles. The van der Waals surface area contributed by atoms with Crippen LogP contribution in [0, 0.1) is 0 Å². The number of aliphatic imine (C=N–C) groups is 1. The van der Waals surface area contributed by atoms with Gasteiger partial charge in [-0.25, -0.2) is 0 Å². The van der Waals surface area contributed by atoms with E-state index in [9.17, 15) is 0 Å². The first-order valence-corrected chi connectivity index (χ1v) is 8.21. The van der Waals surface area contributed by atoms with Gasteiger partial charge >= 0.3 is 0 Å². The van der Waals surface area contributed by atoms with Gasteiger partial charge in [0.25, 0.3) is 0 Å². The Morgan fingerprint density at radius 2 is 2.09 bits per heavy atom. The maximum absolute atomic E-state index is 4.28. The summed E-state index contributed by atoms with van der Waals surface area (Å²) in [6, 6.07) is 10.4. The van der Waals surface area contributed by atoms with Gasteiger partial charge in [0.2, 0.25) is 0 Å². The van der Waals surface area contributed by atoms with E-state index in [0.717, 1.165) is 18.2 Å². The van der Waals surface area contributed by atoms with Gasteiger partial charge in [-0.3, -0.25) is 10.1 Å². The maximum Gasteiger partial charge on any atom is 0.191 e. The molecule has 0 radical (unpaired) electrons. The van der Waals surface area contributed by atoms with Crippen LogP contribution in [0.5, 0.6) is 0 Å². The maximum atomic E-state index is 4.28. The van der Waals surface area contributed by atoms with E-state index in [1.807, 2.05) is 6.07 Å². The monoisotopic (exact) mass is 489 g/mol. The number of halogens is 2. The lowest BCUT2D eigenvalue weighted by Crippen LogP contribution is -2.41. The summed E-state index contributed by atoms with van der Waals surface area (Å²) < 4.78 is 1.19. The van der Waals surface area contributed by atoms with Crippen molar-refractivity contribution in [1.29, 1.82) is 0 Å². The third-order valence-electron chi connectivity index (χ3n) is 4.12. The molecule has 0 bridgehead atoms. The fraction of sp³-hybridized carbons (Fsp3) is 0.375. The molecule has 2 aromatic rings. The fourth-order valence-electron chi connectivity index (χ4n) is 2.62. The van der Waals surface area contributed by atoms with Gasteiger partial charge in [0.15, 0.2) is 5.96 Å². The lowest BCUT2D eigenvalue weighted by atomic mass is 9.96. The molecule has 23 heavy (non-hydrogen) atoms. The Morgan fingerprint density at radius 1 is 1.30 bits per heavy atom. The van der Waals surface area contributed by atoms with E-state index in [0.29, 0.717) is 6.54 Å². The van der Waals surface area contributed by atoms with E-state index in [4.69, 9.17) is 0 Å². The van der Waals surface area contributed by atoms with Gasteiger partial charge < -0.3 is 10.6 Å². The summed E-state index contributed by atoms with van der Waals surface area (Å²) >= 11 is 3.67. The van der Waals surface area contributed by atoms with Crippen molar-refractivity contribution >= 4 is 45.9 Å². The molecule has 124 valence electrons. The minimum absolute atomic E-state index is 0. The minimum atomic E-state index is 0. The van der Waals surface area contributed by atoms with Crippen LogP contribution in [0.2, 0.25) is 0 Å². The minimum Gasteiger partial charge on any atom is -0.356 e. The number of hydrogen-bond donors (Lipinski definition) is 3. The lowest BCUT2D eigenvalue weighted by molar-refractivity contribution is 0.642. The zero-order valence-corrected chi connectivity index (χ0v) is 16.9. The van der Waals surface area contributed by atoms with Gasteiger partial charge in [-0.2, -0.15) is 5.10 Å². The predicted molar refractivity (Wildman–Crippen MR) is 107 cm³/mol.